The number of anilines is 1. The topological polar surface area (TPSA) is 105 Å². The van der Waals surface area contributed by atoms with Crippen LogP contribution in [0.3, 0.4) is 0 Å². The molecule has 2 N–H and O–H groups in total. The number of piperidine rings is 1. The van der Waals surface area contributed by atoms with Crippen molar-refractivity contribution in [3.8, 4) is 5.75 Å². The number of carbonyl (C=O) groups excluding carboxylic acids is 2. The van der Waals surface area contributed by atoms with Gasteiger partial charge in [-0.2, -0.15) is 4.31 Å². The lowest BCUT2D eigenvalue weighted by Crippen LogP contribution is -2.41. The fraction of sp³-hybridized carbons (Fsp3) is 0.391. The number of rotatable bonds is 8. The molecule has 0 radical (unpaired) electrons. The van der Waals surface area contributed by atoms with E-state index >= 15 is 0 Å². The van der Waals surface area contributed by atoms with Crippen molar-refractivity contribution in [1.29, 1.82) is 0 Å². The Kier molecular flexibility index (Phi) is 7.87. The molecular formula is C23H29N3O5S. The van der Waals surface area contributed by atoms with Crippen LogP contribution in [-0.4, -0.2) is 51.3 Å². The largest absolute Gasteiger partial charge is 0.497 e. The Morgan fingerprint density at radius 3 is 2.34 bits per heavy atom. The Morgan fingerprint density at radius 1 is 1.06 bits per heavy atom. The predicted molar refractivity (Wildman–Crippen MR) is 122 cm³/mol. The van der Waals surface area contributed by atoms with Crippen LogP contribution in [0.5, 0.6) is 5.75 Å². The van der Waals surface area contributed by atoms with Crippen molar-refractivity contribution in [2.75, 3.05) is 32.1 Å². The highest BCUT2D eigenvalue weighted by molar-refractivity contribution is 7.89. The molecule has 1 heterocycles. The number of hydrogen-bond donors (Lipinski definition) is 2. The van der Waals surface area contributed by atoms with E-state index in [0.29, 0.717) is 36.4 Å². The van der Waals surface area contributed by atoms with Gasteiger partial charge in [-0.25, -0.2) is 8.42 Å². The fourth-order valence-electron chi connectivity index (χ4n) is 3.61. The summed E-state index contributed by atoms with van der Waals surface area (Å²) >= 11 is 0. The quantitative estimate of drug-likeness (QED) is 0.632. The number of hydrogen-bond acceptors (Lipinski definition) is 5. The maximum Gasteiger partial charge on any atom is 0.253 e. The van der Waals surface area contributed by atoms with Crippen LogP contribution in [0, 0.1) is 5.92 Å². The zero-order valence-electron chi connectivity index (χ0n) is 18.3. The highest BCUT2D eigenvalue weighted by Crippen LogP contribution is 2.26. The zero-order valence-corrected chi connectivity index (χ0v) is 19.2. The lowest BCUT2D eigenvalue weighted by atomic mass is 9.97. The zero-order chi connectivity index (χ0) is 23.1. The molecule has 0 bridgehead atoms. The van der Waals surface area contributed by atoms with Gasteiger partial charge in [0.25, 0.3) is 5.91 Å². The fourth-order valence-corrected chi connectivity index (χ4v) is 5.08. The van der Waals surface area contributed by atoms with Crippen molar-refractivity contribution < 1.29 is 22.7 Å². The van der Waals surface area contributed by atoms with E-state index in [9.17, 15) is 18.0 Å². The van der Waals surface area contributed by atoms with E-state index in [1.165, 1.54) is 23.5 Å². The number of ether oxygens (including phenoxy) is 1. The number of benzene rings is 2. The monoisotopic (exact) mass is 459 g/mol. The second-order valence-electron chi connectivity index (χ2n) is 7.64. The van der Waals surface area contributed by atoms with Crippen molar-refractivity contribution >= 4 is 27.5 Å². The molecule has 9 heteroatoms. The van der Waals surface area contributed by atoms with E-state index in [-0.39, 0.29) is 35.7 Å². The third-order valence-electron chi connectivity index (χ3n) is 5.49. The van der Waals surface area contributed by atoms with Crippen molar-refractivity contribution in [2.45, 2.75) is 31.1 Å². The van der Waals surface area contributed by atoms with Crippen LogP contribution >= 0.6 is 0 Å². The Morgan fingerprint density at radius 2 is 1.72 bits per heavy atom. The number of para-hydroxylation sites is 1. The maximum absolute atomic E-state index is 12.9. The summed E-state index contributed by atoms with van der Waals surface area (Å²) in [6, 6.07) is 13.1. The molecule has 8 nitrogen and oxygen atoms in total. The van der Waals surface area contributed by atoms with Gasteiger partial charge in [0, 0.05) is 25.6 Å². The number of amides is 2. The van der Waals surface area contributed by atoms with E-state index < -0.39 is 10.0 Å². The molecule has 1 fully saturated rings. The van der Waals surface area contributed by atoms with Gasteiger partial charge in [-0.1, -0.05) is 19.1 Å². The first-order valence-electron chi connectivity index (χ1n) is 10.7. The molecule has 2 aromatic rings. The molecule has 0 unspecified atom stereocenters. The smallest absolute Gasteiger partial charge is 0.253 e. The molecular weight excluding hydrogens is 430 g/mol. The number of carbonyl (C=O) groups is 2. The van der Waals surface area contributed by atoms with Gasteiger partial charge >= 0.3 is 0 Å². The van der Waals surface area contributed by atoms with E-state index in [1.807, 2.05) is 6.92 Å². The lowest BCUT2D eigenvalue weighted by molar-refractivity contribution is -0.120. The van der Waals surface area contributed by atoms with Crippen LogP contribution in [-0.2, 0) is 14.8 Å². The third-order valence-corrected chi connectivity index (χ3v) is 7.40. The SMILES string of the molecule is CCCNC(=O)c1ccccc1NC(=O)C1CCN(S(=O)(=O)c2ccc(OC)cc2)CC1. The minimum absolute atomic E-state index is 0.202. The standard InChI is InChI=1S/C23H29N3O5S/c1-3-14-24-23(28)20-6-4-5-7-21(20)25-22(27)17-12-15-26(16-13-17)32(29,30)19-10-8-18(31-2)9-11-19/h4-11,17H,3,12-16H2,1-2H3,(H,24,28)(H,25,27). The molecule has 0 spiro atoms. The van der Waals surface area contributed by atoms with Gasteiger partial charge in [-0.15, -0.1) is 0 Å². The molecule has 3 rings (SSSR count). The summed E-state index contributed by atoms with van der Waals surface area (Å²) in [6.07, 6.45) is 1.63. The highest BCUT2D eigenvalue weighted by Gasteiger charge is 2.32. The molecule has 0 saturated carbocycles. The third kappa shape index (κ3) is 5.46. The van der Waals surface area contributed by atoms with Gasteiger partial charge in [-0.05, 0) is 55.7 Å². The molecule has 32 heavy (non-hydrogen) atoms. The molecule has 2 aromatic carbocycles. The van der Waals surface area contributed by atoms with Crippen LogP contribution in [0.2, 0.25) is 0 Å². The van der Waals surface area contributed by atoms with Gasteiger partial charge in [0.05, 0.1) is 23.3 Å². The van der Waals surface area contributed by atoms with Gasteiger partial charge in [0.2, 0.25) is 15.9 Å². The van der Waals surface area contributed by atoms with Crippen LogP contribution in [0.4, 0.5) is 5.69 Å². The molecule has 2 amide bonds. The van der Waals surface area contributed by atoms with Crippen LogP contribution in [0.1, 0.15) is 36.5 Å². The Hall–Kier alpha value is -2.91. The molecule has 0 aliphatic carbocycles. The van der Waals surface area contributed by atoms with E-state index in [4.69, 9.17) is 4.74 Å². The second-order valence-corrected chi connectivity index (χ2v) is 9.58. The summed E-state index contributed by atoms with van der Waals surface area (Å²) in [5, 5.41) is 5.67. The Labute approximate surface area is 189 Å². The summed E-state index contributed by atoms with van der Waals surface area (Å²) in [7, 11) is -2.11. The van der Waals surface area contributed by atoms with E-state index in [0.717, 1.165) is 6.42 Å². The Bertz CT molecular complexity index is 1050. The first-order chi connectivity index (χ1) is 15.4. The normalized spacial score (nSPS) is 15.2. The number of nitrogens with one attached hydrogen (secondary N) is 2. The summed E-state index contributed by atoms with van der Waals surface area (Å²) < 4.78 is 32.3. The number of methoxy groups -OCH3 is 1. The summed E-state index contributed by atoms with van der Waals surface area (Å²) in [5.41, 5.74) is 0.869. The van der Waals surface area contributed by atoms with Crippen molar-refractivity contribution in [3.05, 3.63) is 54.1 Å². The first-order valence-corrected chi connectivity index (χ1v) is 12.1. The molecule has 1 aliphatic rings. The minimum atomic E-state index is -3.63. The van der Waals surface area contributed by atoms with Crippen molar-refractivity contribution in [3.63, 3.8) is 0 Å². The van der Waals surface area contributed by atoms with Crippen LogP contribution in [0.25, 0.3) is 0 Å². The van der Waals surface area contributed by atoms with Gasteiger partial charge in [0.1, 0.15) is 5.75 Å². The van der Waals surface area contributed by atoms with Crippen LogP contribution in [0.15, 0.2) is 53.4 Å². The summed E-state index contributed by atoms with van der Waals surface area (Å²) in [4.78, 5) is 25.4. The van der Waals surface area contributed by atoms with Gasteiger partial charge in [-0.3, -0.25) is 9.59 Å². The highest BCUT2D eigenvalue weighted by atomic mass is 32.2. The van der Waals surface area contributed by atoms with Crippen molar-refractivity contribution in [1.82, 2.24) is 9.62 Å². The average molecular weight is 460 g/mol. The summed E-state index contributed by atoms with van der Waals surface area (Å²) in [6.45, 7) is 3.04. The van der Waals surface area contributed by atoms with Crippen molar-refractivity contribution in [2.24, 2.45) is 5.92 Å². The molecule has 172 valence electrons. The average Bonchev–Trinajstić information content (AvgIpc) is 2.83. The minimum Gasteiger partial charge on any atom is -0.497 e. The van der Waals surface area contributed by atoms with Crippen LogP contribution < -0.4 is 15.4 Å². The summed E-state index contributed by atoms with van der Waals surface area (Å²) in [5.74, 6) is -0.183. The van der Waals surface area contributed by atoms with Gasteiger partial charge in [0.15, 0.2) is 0 Å². The molecule has 0 aromatic heterocycles. The maximum atomic E-state index is 12.9. The first kappa shape index (κ1) is 23.7. The second kappa shape index (κ2) is 10.6. The van der Waals surface area contributed by atoms with E-state index in [2.05, 4.69) is 10.6 Å². The molecule has 1 saturated heterocycles. The number of nitrogens with zero attached hydrogens (tertiary/aromatic N) is 1. The Balaban J connectivity index is 1.62. The number of sulfonamides is 1. The van der Waals surface area contributed by atoms with E-state index in [1.54, 1.807) is 36.4 Å². The predicted octanol–water partition coefficient (Wildman–Crippen LogP) is 2.87. The molecule has 1 aliphatic heterocycles. The van der Waals surface area contributed by atoms with Gasteiger partial charge < -0.3 is 15.4 Å². The lowest BCUT2D eigenvalue weighted by Gasteiger charge is -2.30. The molecule has 0 atom stereocenters.